The standard InChI is InChI=1S/C11H14F3NO3/c1-16-10(7-15,17-2)8-3-5-9(6-4-8)18-11(12,13)14/h3-6H,7,15H2,1-2H3. The minimum Gasteiger partial charge on any atom is -0.406 e. The maximum atomic E-state index is 12.0. The molecule has 18 heavy (non-hydrogen) atoms. The van der Waals surface area contributed by atoms with Crippen LogP contribution in [0.5, 0.6) is 5.75 Å². The molecule has 1 rings (SSSR count). The first-order valence-corrected chi connectivity index (χ1v) is 5.03. The third-order valence-corrected chi connectivity index (χ3v) is 2.46. The quantitative estimate of drug-likeness (QED) is 0.827. The summed E-state index contributed by atoms with van der Waals surface area (Å²) in [4.78, 5) is 0. The molecule has 0 aliphatic carbocycles. The predicted octanol–water partition coefficient (Wildman–Crippen LogP) is 1.99. The number of methoxy groups -OCH3 is 2. The Kier molecular flexibility index (Phi) is 4.55. The van der Waals surface area contributed by atoms with E-state index in [1.54, 1.807) is 0 Å². The number of nitrogens with two attached hydrogens (primary N) is 1. The van der Waals surface area contributed by atoms with Crippen molar-refractivity contribution in [3.63, 3.8) is 0 Å². The largest absolute Gasteiger partial charge is 0.573 e. The third kappa shape index (κ3) is 3.34. The van der Waals surface area contributed by atoms with Crippen LogP contribution in [0.3, 0.4) is 0 Å². The molecule has 0 aliphatic heterocycles. The van der Waals surface area contributed by atoms with E-state index in [1.807, 2.05) is 0 Å². The summed E-state index contributed by atoms with van der Waals surface area (Å²) in [7, 11) is 2.80. The van der Waals surface area contributed by atoms with E-state index in [-0.39, 0.29) is 12.3 Å². The Morgan fingerprint density at radius 3 is 1.89 bits per heavy atom. The molecule has 0 radical (unpaired) electrons. The molecular formula is C11H14F3NO3. The van der Waals surface area contributed by atoms with E-state index in [0.29, 0.717) is 5.56 Å². The van der Waals surface area contributed by atoms with Crippen molar-refractivity contribution in [2.24, 2.45) is 5.73 Å². The second-order valence-electron chi connectivity index (χ2n) is 3.44. The molecule has 0 amide bonds. The number of ether oxygens (including phenoxy) is 3. The fourth-order valence-electron chi connectivity index (χ4n) is 1.51. The molecule has 0 saturated carbocycles. The van der Waals surface area contributed by atoms with Crippen molar-refractivity contribution in [2.75, 3.05) is 20.8 Å². The van der Waals surface area contributed by atoms with Crippen molar-refractivity contribution < 1.29 is 27.4 Å². The number of halogens is 3. The first kappa shape index (κ1) is 14.7. The van der Waals surface area contributed by atoms with Crippen molar-refractivity contribution in [3.05, 3.63) is 29.8 Å². The molecule has 0 atom stereocenters. The zero-order valence-corrected chi connectivity index (χ0v) is 9.95. The number of hydrogen-bond acceptors (Lipinski definition) is 4. The molecule has 0 bridgehead atoms. The van der Waals surface area contributed by atoms with Gasteiger partial charge in [-0.05, 0) is 24.3 Å². The average molecular weight is 265 g/mol. The topological polar surface area (TPSA) is 53.7 Å². The summed E-state index contributed by atoms with van der Waals surface area (Å²) in [5.74, 6) is -1.49. The molecule has 4 nitrogen and oxygen atoms in total. The molecular weight excluding hydrogens is 251 g/mol. The minimum absolute atomic E-state index is 0.0273. The van der Waals surface area contributed by atoms with Crippen LogP contribution in [-0.2, 0) is 15.3 Å². The summed E-state index contributed by atoms with van der Waals surface area (Å²) in [6.45, 7) is 0.0273. The van der Waals surface area contributed by atoms with Gasteiger partial charge in [-0.3, -0.25) is 0 Å². The smallest absolute Gasteiger partial charge is 0.406 e. The van der Waals surface area contributed by atoms with Crippen LogP contribution >= 0.6 is 0 Å². The summed E-state index contributed by atoms with van der Waals surface area (Å²) in [6.07, 6.45) is -4.71. The summed E-state index contributed by atoms with van der Waals surface area (Å²) < 4.78 is 50.0. The molecule has 2 N–H and O–H groups in total. The number of hydrogen-bond donors (Lipinski definition) is 1. The first-order chi connectivity index (χ1) is 8.37. The van der Waals surface area contributed by atoms with Gasteiger partial charge in [0.1, 0.15) is 5.75 Å². The lowest BCUT2D eigenvalue weighted by Gasteiger charge is -2.29. The van der Waals surface area contributed by atoms with E-state index in [2.05, 4.69) is 4.74 Å². The van der Waals surface area contributed by atoms with E-state index < -0.39 is 12.1 Å². The van der Waals surface area contributed by atoms with Crippen LogP contribution in [0.1, 0.15) is 5.56 Å². The Morgan fingerprint density at radius 2 is 1.56 bits per heavy atom. The highest BCUT2D eigenvalue weighted by atomic mass is 19.4. The van der Waals surface area contributed by atoms with Crippen LogP contribution in [0, 0.1) is 0 Å². The zero-order chi connectivity index (χ0) is 13.8. The summed E-state index contributed by atoms with van der Waals surface area (Å²) in [5.41, 5.74) is 6.04. The maximum absolute atomic E-state index is 12.0. The SMILES string of the molecule is COC(CN)(OC)c1ccc(OC(F)(F)F)cc1. The van der Waals surface area contributed by atoms with Crippen LogP contribution in [0.2, 0.25) is 0 Å². The molecule has 0 saturated heterocycles. The molecule has 1 aromatic rings. The monoisotopic (exact) mass is 265 g/mol. The van der Waals surface area contributed by atoms with E-state index in [1.165, 1.54) is 38.5 Å². The highest BCUT2D eigenvalue weighted by molar-refractivity contribution is 5.30. The number of rotatable bonds is 5. The number of benzene rings is 1. The molecule has 0 spiro atoms. The minimum atomic E-state index is -4.71. The van der Waals surface area contributed by atoms with Gasteiger partial charge in [-0.1, -0.05) is 0 Å². The Balaban J connectivity index is 2.94. The van der Waals surface area contributed by atoms with Gasteiger partial charge in [0.05, 0.1) is 6.54 Å². The van der Waals surface area contributed by atoms with Crippen LogP contribution in [0.25, 0.3) is 0 Å². The Hall–Kier alpha value is -1.31. The van der Waals surface area contributed by atoms with Gasteiger partial charge in [0.15, 0.2) is 0 Å². The average Bonchev–Trinajstić information content (AvgIpc) is 2.32. The van der Waals surface area contributed by atoms with Crippen molar-refractivity contribution >= 4 is 0 Å². The fraction of sp³-hybridized carbons (Fsp3) is 0.455. The van der Waals surface area contributed by atoms with Gasteiger partial charge >= 0.3 is 6.36 Å². The maximum Gasteiger partial charge on any atom is 0.573 e. The van der Waals surface area contributed by atoms with Crippen LogP contribution < -0.4 is 10.5 Å². The summed E-state index contributed by atoms with van der Waals surface area (Å²) >= 11 is 0. The number of alkyl halides is 3. The Morgan fingerprint density at radius 1 is 1.06 bits per heavy atom. The molecule has 1 aromatic carbocycles. The van der Waals surface area contributed by atoms with Crippen LogP contribution in [0.4, 0.5) is 13.2 Å². The molecule has 0 aliphatic rings. The lowest BCUT2D eigenvalue weighted by Crippen LogP contribution is -2.38. The van der Waals surface area contributed by atoms with Crippen molar-refractivity contribution in [1.29, 1.82) is 0 Å². The molecule has 102 valence electrons. The van der Waals surface area contributed by atoms with E-state index >= 15 is 0 Å². The predicted molar refractivity (Wildman–Crippen MR) is 57.9 cm³/mol. The zero-order valence-electron chi connectivity index (χ0n) is 9.95. The third-order valence-electron chi connectivity index (χ3n) is 2.46. The van der Waals surface area contributed by atoms with E-state index in [4.69, 9.17) is 15.2 Å². The highest BCUT2D eigenvalue weighted by Crippen LogP contribution is 2.28. The first-order valence-electron chi connectivity index (χ1n) is 5.03. The Labute approximate surface area is 102 Å². The molecule has 0 heterocycles. The van der Waals surface area contributed by atoms with E-state index in [9.17, 15) is 13.2 Å². The highest BCUT2D eigenvalue weighted by Gasteiger charge is 2.33. The molecule has 0 fully saturated rings. The van der Waals surface area contributed by atoms with Crippen molar-refractivity contribution in [1.82, 2.24) is 0 Å². The Bertz CT molecular complexity index is 366. The van der Waals surface area contributed by atoms with Gasteiger partial charge in [-0.25, -0.2) is 0 Å². The van der Waals surface area contributed by atoms with E-state index in [0.717, 1.165) is 0 Å². The molecule has 7 heteroatoms. The second-order valence-corrected chi connectivity index (χ2v) is 3.44. The van der Waals surface area contributed by atoms with Gasteiger partial charge in [0.25, 0.3) is 0 Å². The van der Waals surface area contributed by atoms with Gasteiger partial charge in [0.2, 0.25) is 5.79 Å². The molecule has 0 aromatic heterocycles. The van der Waals surface area contributed by atoms with Gasteiger partial charge in [-0.15, -0.1) is 13.2 Å². The van der Waals surface area contributed by atoms with Gasteiger partial charge < -0.3 is 19.9 Å². The molecule has 0 unspecified atom stereocenters. The lowest BCUT2D eigenvalue weighted by atomic mass is 10.1. The van der Waals surface area contributed by atoms with Crippen LogP contribution in [-0.4, -0.2) is 27.1 Å². The van der Waals surface area contributed by atoms with Crippen molar-refractivity contribution in [3.8, 4) is 5.75 Å². The summed E-state index contributed by atoms with van der Waals surface area (Å²) in [5, 5.41) is 0. The van der Waals surface area contributed by atoms with Gasteiger partial charge in [0, 0.05) is 19.8 Å². The lowest BCUT2D eigenvalue weighted by molar-refractivity contribution is -0.274. The fourth-order valence-corrected chi connectivity index (χ4v) is 1.51. The summed E-state index contributed by atoms with van der Waals surface area (Å²) in [6, 6.07) is 5.15. The van der Waals surface area contributed by atoms with Crippen LogP contribution in [0.15, 0.2) is 24.3 Å². The van der Waals surface area contributed by atoms with Crippen molar-refractivity contribution in [2.45, 2.75) is 12.1 Å². The van der Waals surface area contributed by atoms with Gasteiger partial charge in [-0.2, -0.15) is 0 Å². The second kappa shape index (κ2) is 5.55. The normalized spacial score (nSPS) is 12.6.